The third kappa shape index (κ3) is 3.80. The summed E-state index contributed by atoms with van der Waals surface area (Å²) < 4.78 is 0. The van der Waals surface area contributed by atoms with Gasteiger partial charge < -0.3 is 0 Å². The van der Waals surface area contributed by atoms with E-state index >= 15 is 0 Å². The zero-order valence-corrected chi connectivity index (χ0v) is 16.1. The minimum atomic E-state index is 0.661. The van der Waals surface area contributed by atoms with Crippen LogP contribution in [0.1, 0.15) is 86.5 Å². The van der Waals surface area contributed by atoms with Crippen LogP contribution in [0, 0.1) is 40.9 Å². The van der Waals surface area contributed by atoms with Gasteiger partial charge in [-0.2, -0.15) is 0 Å². The van der Waals surface area contributed by atoms with Crippen molar-refractivity contribution in [2.45, 2.75) is 86.5 Å². The molecule has 0 aromatic rings. The average molecular weight is 305 g/mol. The van der Waals surface area contributed by atoms with Crippen molar-refractivity contribution in [3.63, 3.8) is 0 Å². The number of rotatable bonds is 10. The molecule has 0 heterocycles. The third-order valence-corrected chi connectivity index (χ3v) is 7.53. The summed E-state index contributed by atoms with van der Waals surface area (Å²) in [5, 5.41) is 0. The van der Waals surface area contributed by atoms with Gasteiger partial charge in [0.15, 0.2) is 0 Å². The number of hydrogen-bond donors (Lipinski definition) is 0. The van der Waals surface area contributed by atoms with E-state index in [1.165, 1.54) is 44.9 Å². The van der Waals surface area contributed by atoms with Gasteiger partial charge in [0, 0.05) is 0 Å². The lowest BCUT2D eigenvalue weighted by atomic mass is 9.86. The van der Waals surface area contributed by atoms with Crippen LogP contribution in [0.3, 0.4) is 0 Å². The Balaban J connectivity index is 1.75. The zero-order chi connectivity index (χ0) is 16.5. The first-order chi connectivity index (χ1) is 10.4. The van der Waals surface area contributed by atoms with E-state index in [1.54, 1.807) is 5.57 Å². The number of unbranched alkanes of at least 4 members (excludes halogenated alkanes) is 1. The van der Waals surface area contributed by atoms with Crippen LogP contribution < -0.4 is 0 Å². The second-order valence-electron chi connectivity index (χ2n) is 9.06. The molecule has 0 aromatic heterocycles. The SMILES string of the molecule is C=C(CCC1(C)CC1CCCC)C1C(C)C1C(C)C(C)CC. The summed E-state index contributed by atoms with van der Waals surface area (Å²) in [6.07, 6.45) is 9.73. The van der Waals surface area contributed by atoms with Crippen molar-refractivity contribution in [2.24, 2.45) is 40.9 Å². The predicted octanol–water partition coefficient (Wildman–Crippen LogP) is 7.10. The van der Waals surface area contributed by atoms with E-state index in [9.17, 15) is 0 Å². The molecule has 0 aliphatic heterocycles. The summed E-state index contributed by atoms with van der Waals surface area (Å²) in [5.41, 5.74) is 2.24. The molecule has 0 aromatic carbocycles. The Kier molecular flexibility index (Phi) is 5.84. The van der Waals surface area contributed by atoms with Gasteiger partial charge >= 0.3 is 0 Å². The van der Waals surface area contributed by atoms with E-state index in [-0.39, 0.29) is 0 Å². The predicted molar refractivity (Wildman–Crippen MR) is 98.9 cm³/mol. The summed E-state index contributed by atoms with van der Waals surface area (Å²) in [7, 11) is 0. The third-order valence-electron chi connectivity index (χ3n) is 7.53. The molecular weight excluding hydrogens is 264 g/mol. The van der Waals surface area contributed by atoms with Crippen LogP contribution in [0.4, 0.5) is 0 Å². The van der Waals surface area contributed by atoms with Gasteiger partial charge in [-0.05, 0) is 66.6 Å². The van der Waals surface area contributed by atoms with Crippen molar-refractivity contribution in [3.8, 4) is 0 Å². The summed E-state index contributed by atoms with van der Waals surface area (Å²) in [5.74, 6) is 5.40. The van der Waals surface area contributed by atoms with Crippen molar-refractivity contribution < 1.29 is 0 Å². The molecule has 0 spiro atoms. The molecule has 22 heavy (non-hydrogen) atoms. The largest absolute Gasteiger partial charge is 0.0996 e. The molecule has 128 valence electrons. The summed E-state index contributed by atoms with van der Waals surface area (Å²) in [6, 6.07) is 0. The van der Waals surface area contributed by atoms with E-state index < -0.39 is 0 Å². The van der Waals surface area contributed by atoms with Crippen molar-refractivity contribution in [2.75, 3.05) is 0 Å². The summed E-state index contributed by atoms with van der Waals surface area (Å²) in [6.45, 7) is 19.0. The molecule has 2 saturated carbocycles. The van der Waals surface area contributed by atoms with E-state index in [0.29, 0.717) is 5.41 Å². The lowest BCUT2D eigenvalue weighted by Gasteiger charge is -2.19. The Morgan fingerprint density at radius 2 is 1.95 bits per heavy atom. The van der Waals surface area contributed by atoms with Crippen LogP contribution in [-0.2, 0) is 0 Å². The first-order valence-electron chi connectivity index (χ1n) is 10.0. The molecule has 2 aliphatic rings. The molecule has 7 atom stereocenters. The van der Waals surface area contributed by atoms with Crippen LogP contribution in [0.2, 0.25) is 0 Å². The van der Waals surface area contributed by atoms with Crippen LogP contribution in [0.5, 0.6) is 0 Å². The monoisotopic (exact) mass is 304 g/mol. The average Bonchev–Trinajstić information content (AvgIpc) is 3.37. The molecule has 0 heteroatoms. The van der Waals surface area contributed by atoms with E-state index in [1.807, 2.05) is 0 Å². The van der Waals surface area contributed by atoms with Gasteiger partial charge in [0.2, 0.25) is 0 Å². The van der Waals surface area contributed by atoms with Crippen molar-refractivity contribution in [3.05, 3.63) is 12.2 Å². The summed E-state index contributed by atoms with van der Waals surface area (Å²) in [4.78, 5) is 0. The standard InChI is InChI=1S/C22H40/c1-8-10-11-19-14-22(19,7)13-12-16(4)20-18(6)21(20)17(5)15(3)9-2/h15,17-21H,4,8-14H2,1-3,5-7H3. The van der Waals surface area contributed by atoms with E-state index in [4.69, 9.17) is 0 Å². The maximum Gasteiger partial charge on any atom is -0.0143 e. The van der Waals surface area contributed by atoms with Crippen molar-refractivity contribution in [1.82, 2.24) is 0 Å². The molecule has 0 bridgehead atoms. The zero-order valence-electron chi connectivity index (χ0n) is 16.1. The maximum absolute atomic E-state index is 4.50. The number of allylic oxidation sites excluding steroid dienone is 1. The minimum absolute atomic E-state index is 0.661. The van der Waals surface area contributed by atoms with Gasteiger partial charge in [-0.15, -0.1) is 0 Å². The van der Waals surface area contributed by atoms with Gasteiger partial charge in [-0.1, -0.05) is 73.0 Å². The lowest BCUT2D eigenvalue weighted by Crippen LogP contribution is -2.11. The minimum Gasteiger partial charge on any atom is -0.0996 e. The highest BCUT2D eigenvalue weighted by atomic mass is 14.6. The molecule has 2 rings (SSSR count). The Bertz CT molecular complexity index is 381. The molecule has 0 amide bonds. The molecule has 2 fully saturated rings. The molecular formula is C22H40. The maximum atomic E-state index is 4.50. The van der Waals surface area contributed by atoms with Crippen LogP contribution >= 0.6 is 0 Å². The van der Waals surface area contributed by atoms with E-state index in [2.05, 4.69) is 48.1 Å². The van der Waals surface area contributed by atoms with Gasteiger partial charge in [0.1, 0.15) is 0 Å². The van der Waals surface area contributed by atoms with E-state index in [0.717, 1.165) is 35.5 Å². The molecule has 0 nitrogen and oxygen atoms in total. The first kappa shape index (κ1) is 18.1. The molecule has 7 unspecified atom stereocenters. The second-order valence-corrected chi connectivity index (χ2v) is 9.06. The summed E-state index contributed by atoms with van der Waals surface area (Å²) >= 11 is 0. The smallest absolute Gasteiger partial charge is 0.0143 e. The Morgan fingerprint density at radius 3 is 2.55 bits per heavy atom. The highest BCUT2D eigenvalue weighted by Crippen LogP contribution is 2.61. The van der Waals surface area contributed by atoms with Crippen LogP contribution in [-0.4, -0.2) is 0 Å². The van der Waals surface area contributed by atoms with Crippen molar-refractivity contribution in [1.29, 1.82) is 0 Å². The fraction of sp³-hybridized carbons (Fsp3) is 0.909. The Labute approximate surface area is 140 Å². The highest BCUT2D eigenvalue weighted by Gasteiger charge is 2.52. The second kappa shape index (κ2) is 7.10. The molecule has 2 aliphatic carbocycles. The van der Waals surface area contributed by atoms with Gasteiger partial charge in [0.05, 0.1) is 0 Å². The van der Waals surface area contributed by atoms with Crippen LogP contribution in [0.15, 0.2) is 12.2 Å². The fourth-order valence-corrected chi connectivity index (χ4v) is 5.02. The lowest BCUT2D eigenvalue weighted by molar-refractivity contribution is 0.318. The quantitative estimate of drug-likeness (QED) is 0.377. The number of hydrogen-bond acceptors (Lipinski definition) is 0. The van der Waals surface area contributed by atoms with Crippen LogP contribution in [0.25, 0.3) is 0 Å². The molecule has 0 radical (unpaired) electrons. The Hall–Kier alpha value is -0.260. The molecule has 0 N–H and O–H groups in total. The van der Waals surface area contributed by atoms with Gasteiger partial charge in [-0.3, -0.25) is 0 Å². The normalized spacial score (nSPS) is 39.4. The topological polar surface area (TPSA) is 0 Å². The van der Waals surface area contributed by atoms with Gasteiger partial charge in [0.25, 0.3) is 0 Å². The first-order valence-corrected chi connectivity index (χ1v) is 10.0. The molecule has 0 saturated heterocycles. The fourth-order valence-electron chi connectivity index (χ4n) is 5.02. The van der Waals surface area contributed by atoms with Gasteiger partial charge in [-0.25, -0.2) is 0 Å². The van der Waals surface area contributed by atoms with Crippen molar-refractivity contribution >= 4 is 0 Å². The highest BCUT2D eigenvalue weighted by molar-refractivity contribution is 5.17. The Morgan fingerprint density at radius 1 is 1.27 bits per heavy atom.